The van der Waals surface area contributed by atoms with Crippen molar-refractivity contribution in [2.24, 2.45) is 0 Å². The number of nitrogens with zero attached hydrogens (tertiary/aromatic N) is 2. The molecule has 0 aliphatic rings. The summed E-state index contributed by atoms with van der Waals surface area (Å²) in [6.45, 7) is 13.2. The molecule has 5 heteroatoms. The second kappa shape index (κ2) is 6.20. The van der Waals surface area contributed by atoms with Gasteiger partial charge in [-0.1, -0.05) is 6.07 Å². The predicted octanol–water partition coefficient (Wildman–Crippen LogP) is 4.03. The molecule has 0 bridgehead atoms. The quantitative estimate of drug-likeness (QED) is 0.924. The smallest absolute Gasteiger partial charge is 0.262 e. The van der Waals surface area contributed by atoms with Crippen molar-refractivity contribution in [3.05, 3.63) is 34.8 Å². The van der Waals surface area contributed by atoms with E-state index in [-0.39, 0.29) is 5.54 Å². The Labute approximate surface area is 130 Å². The minimum absolute atomic E-state index is 0.106. The van der Waals surface area contributed by atoms with Gasteiger partial charge >= 0.3 is 0 Å². The molecule has 114 valence electrons. The third-order valence-corrected chi connectivity index (χ3v) is 4.07. The zero-order valence-corrected chi connectivity index (χ0v) is 14.4. The van der Waals surface area contributed by atoms with Gasteiger partial charge < -0.3 is 9.73 Å². The van der Waals surface area contributed by atoms with Crippen molar-refractivity contribution in [1.82, 2.24) is 15.3 Å². The molecule has 0 fully saturated rings. The molecule has 0 saturated carbocycles. The van der Waals surface area contributed by atoms with Crippen molar-refractivity contribution in [3.8, 4) is 0 Å². The normalized spacial score (nSPS) is 11.9. The van der Waals surface area contributed by atoms with Crippen LogP contribution in [0.25, 0.3) is 0 Å². The molecule has 2 heterocycles. The number of aromatic nitrogens is 2. The Morgan fingerprint density at radius 3 is 2.48 bits per heavy atom. The first-order chi connectivity index (χ1) is 9.74. The van der Waals surface area contributed by atoms with Gasteiger partial charge in [0.25, 0.3) is 5.22 Å². The summed E-state index contributed by atoms with van der Waals surface area (Å²) < 4.78 is 5.60. The van der Waals surface area contributed by atoms with Gasteiger partial charge in [-0.3, -0.25) is 0 Å². The average Bonchev–Trinajstić information content (AvgIpc) is 2.68. The van der Waals surface area contributed by atoms with Crippen molar-refractivity contribution in [3.63, 3.8) is 0 Å². The number of pyridine rings is 1. The number of aryl methyl sites for hydroxylation is 3. The molecule has 4 nitrogen and oxygen atoms in total. The first kappa shape index (κ1) is 16.0. The number of hydrogen-bond acceptors (Lipinski definition) is 5. The summed E-state index contributed by atoms with van der Waals surface area (Å²) in [7, 11) is 0. The lowest BCUT2D eigenvalue weighted by Gasteiger charge is -2.20. The molecule has 0 aromatic carbocycles. The van der Waals surface area contributed by atoms with E-state index in [1.54, 1.807) is 0 Å². The van der Waals surface area contributed by atoms with E-state index in [1.807, 2.05) is 20.0 Å². The summed E-state index contributed by atoms with van der Waals surface area (Å²) in [5.41, 5.74) is 3.36. The standard InChI is InChI=1S/C16H23N3OS/c1-10-7-13(9-18-16(4,5)6)8-17-14(10)21-15-19-11(2)12(3)20-15/h7-8,18H,9H2,1-6H3. The van der Waals surface area contributed by atoms with Crippen molar-refractivity contribution >= 4 is 11.8 Å². The molecule has 2 rings (SSSR count). The molecule has 0 spiro atoms. The first-order valence-corrected chi connectivity index (χ1v) is 7.89. The number of rotatable bonds is 4. The van der Waals surface area contributed by atoms with Crippen LogP contribution in [0.1, 0.15) is 43.4 Å². The molecule has 0 aliphatic carbocycles. The fourth-order valence-corrected chi connectivity index (χ4v) is 2.60. The van der Waals surface area contributed by atoms with Crippen LogP contribution < -0.4 is 5.32 Å². The van der Waals surface area contributed by atoms with Crippen LogP contribution >= 0.6 is 11.8 Å². The van der Waals surface area contributed by atoms with Gasteiger partial charge in [-0.25, -0.2) is 9.97 Å². The lowest BCUT2D eigenvalue weighted by Crippen LogP contribution is -2.35. The van der Waals surface area contributed by atoms with Crippen LogP contribution in [0.15, 0.2) is 26.9 Å². The summed E-state index contributed by atoms with van der Waals surface area (Å²) in [6, 6.07) is 2.16. The summed E-state index contributed by atoms with van der Waals surface area (Å²) in [4.78, 5) is 8.92. The van der Waals surface area contributed by atoms with E-state index in [4.69, 9.17) is 4.42 Å². The Kier molecular flexibility index (Phi) is 4.74. The van der Waals surface area contributed by atoms with E-state index in [0.717, 1.165) is 28.6 Å². The monoisotopic (exact) mass is 305 g/mol. The van der Waals surface area contributed by atoms with E-state index >= 15 is 0 Å². The Morgan fingerprint density at radius 1 is 1.24 bits per heavy atom. The van der Waals surface area contributed by atoms with E-state index < -0.39 is 0 Å². The minimum Gasteiger partial charge on any atom is -0.436 e. The molecular weight excluding hydrogens is 282 g/mol. The van der Waals surface area contributed by atoms with Gasteiger partial charge in [-0.2, -0.15) is 0 Å². The van der Waals surface area contributed by atoms with Gasteiger partial charge in [0.2, 0.25) is 0 Å². The molecule has 0 unspecified atom stereocenters. The van der Waals surface area contributed by atoms with E-state index in [1.165, 1.54) is 17.3 Å². The van der Waals surface area contributed by atoms with Crippen LogP contribution in [0.4, 0.5) is 0 Å². The maximum Gasteiger partial charge on any atom is 0.262 e. The molecule has 2 aromatic rings. The first-order valence-electron chi connectivity index (χ1n) is 7.07. The van der Waals surface area contributed by atoms with Crippen molar-refractivity contribution < 1.29 is 4.42 Å². The van der Waals surface area contributed by atoms with Gasteiger partial charge in [0.1, 0.15) is 10.8 Å². The molecule has 0 amide bonds. The topological polar surface area (TPSA) is 51.0 Å². The average molecular weight is 305 g/mol. The van der Waals surface area contributed by atoms with Crippen LogP contribution in [0, 0.1) is 20.8 Å². The van der Waals surface area contributed by atoms with Gasteiger partial charge in [-0.05, 0) is 64.4 Å². The number of hydrogen-bond donors (Lipinski definition) is 1. The van der Waals surface area contributed by atoms with Crippen molar-refractivity contribution in [2.75, 3.05) is 0 Å². The lowest BCUT2D eigenvalue weighted by atomic mass is 10.1. The second-order valence-corrected chi connectivity index (χ2v) is 7.23. The summed E-state index contributed by atoms with van der Waals surface area (Å²) >= 11 is 1.47. The molecule has 0 atom stereocenters. The van der Waals surface area contributed by atoms with Gasteiger partial charge in [-0.15, -0.1) is 0 Å². The van der Waals surface area contributed by atoms with Crippen LogP contribution in [0.3, 0.4) is 0 Å². The fraction of sp³-hybridized carbons (Fsp3) is 0.500. The van der Waals surface area contributed by atoms with E-state index in [0.29, 0.717) is 5.22 Å². The molecule has 21 heavy (non-hydrogen) atoms. The maximum atomic E-state index is 5.60. The maximum absolute atomic E-state index is 5.60. The van der Waals surface area contributed by atoms with Gasteiger partial charge in [0.05, 0.1) is 5.69 Å². The van der Waals surface area contributed by atoms with Crippen LogP contribution in [-0.4, -0.2) is 15.5 Å². The second-order valence-electron chi connectivity index (χ2n) is 6.29. The van der Waals surface area contributed by atoms with E-state index in [9.17, 15) is 0 Å². The Hall–Kier alpha value is -1.33. The molecule has 0 aliphatic heterocycles. The largest absolute Gasteiger partial charge is 0.436 e. The highest BCUT2D eigenvalue weighted by Crippen LogP contribution is 2.29. The third-order valence-electron chi connectivity index (χ3n) is 3.10. The Bertz CT molecular complexity index is 609. The van der Waals surface area contributed by atoms with Crippen LogP contribution in [-0.2, 0) is 6.54 Å². The summed E-state index contributed by atoms with van der Waals surface area (Å²) in [5, 5.41) is 5.06. The zero-order valence-electron chi connectivity index (χ0n) is 13.6. The predicted molar refractivity (Wildman–Crippen MR) is 85.7 cm³/mol. The third kappa shape index (κ3) is 4.58. The summed E-state index contributed by atoms with van der Waals surface area (Å²) in [6.07, 6.45) is 1.91. The highest BCUT2D eigenvalue weighted by Gasteiger charge is 2.12. The highest BCUT2D eigenvalue weighted by atomic mass is 32.2. The molecule has 0 saturated heterocycles. The van der Waals surface area contributed by atoms with Gasteiger partial charge in [0.15, 0.2) is 0 Å². The van der Waals surface area contributed by atoms with E-state index in [2.05, 4.69) is 49.0 Å². The minimum atomic E-state index is 0.106. The van der Waals surface area contributed by atoms with Crippen molar-refractivity contribution in [1.29, 1.82) is 0 Å². The fourth-order valence-electron chi connectivity index (χ4n) is 1.76. The Morgan fingerprint density at radius 2 is 1.95 bits per heavy atom. The highest BCUT2D eigenvalue weighted by molar-refractivity contribution is 7.99. The molecular formula is C16H23N3OS. The molecule has 2 aromatic heterocycles. The van der Waals surface area contributed by atoms with Crippen molar-refractivity contribution in [2.45, 2.75) is 63.9 Å². The number of oxazole rings is 1. The number of nitrogens with one attached hydrogen (secondary N) is 1. The lowest BCUT2D eigenvalue weighted by molar-refractivity contribution is 0.423. The zero-order chi connectivity index (χ0) is 15.6. The molecule has 1 N–H and O–H groups in total. The SMILES string of the molecule is Cc1cc(CNC(C)(C)C)cnc1Sc1nc(C)c(C)o1. The Balaban J connectivity index is 2.08. The van der Waals surface area contributed by atoms with Crippen LogP contribution in [0.2, 0.25) is 0 Å². The van der Waals surface area contributed by atoms with Crippen LogP contribution in [0.5, 0.6) is 0 Å². The summed E-state index contributed by atoms with van der Waals surface area (Å²) in [5.74, 6) is 0.862. The van der Waals surface area contributed by atoms with Gasteiger partial charge in [0, 0.05) is 18.3 Å². The molecule has 0 radical (unpaired) electrons.